The third-order valence-electron chi connectivity index (χ3n) is 11.6. The Morgan fingerprint density at radius 1 is 1.06 bits per heavy atom. The molecule has 2 aliphatic heterocycles. The molecule has 33 heavy (non-hydrogen) atoms. The molecular weight excluding hydrogens is 416 g/mol. The molecule has 0 amide bonds. The molecule has 5 fully saturated rings. The van der Waals surface area contributed by atoms with Crippen LogP contribution in [0.4, 0.5) is 0 Å². The first-order valence-corrected chi connectivity index (χ1v) is 13.2. The van der Waals surface area contributed by atoms with Crippen LogP contribution >= 0.6 is 0 Å². The van der Waals surface area contributed by atoms with Crippen molar-refractivity contribution in [2.45, 2.75) is 96.1 Å². The maximum absolute atomic E-state index is 12.5. The molecule has 4 aliphatic carbocycles. The summed E-state index contributed by atoms with van der Waals surface area (Å²) in [7, 11) is 0. The fraction of sp³-hybridized carbons (Fsp3) is 0.821. The first-order chi connectivity index (χ1) is 15.6. The molecule has 5 heteroatoms. The highest BCUT2D eigenvalue weighted by Crippen LogP contribution is 2.68. The number of hydrogen-bond donors (Lipinski definition) is 2. The zero-order valence-electron chi connectivity index (χ0n) is 20.4. The molecule has 2 bridgehead atoms. The summed E-state index contributed by atoms with van der Waals surface area (Å²) in [6.07, 6.45) is 9.10. The number of carbonyl (C=O) groups excluding carboxylic acids is 1. The van der Waals surface area contributed by atoms with Crippen LogP contribution in [0.1, 0.15) is 72.1 Å². The van der Waals surface area contributed by atoms with Gasteiger partial charge in [-0.3, -0.25) is 0 Å². The van der Waals surface area contributed by atoms with Crippen molar-refractivity contribution >= 4 is 5.97 Å². The van der Waals surface area contributed by atoms with Crippen molar-refractivity contribution in [2.24, 2.45) is 40.4 Å². The standard InChI is InChI=1S/C28H40O5/c1-15-25(31)33-23-13-27(15,3)32-14-19(23)21-8-7-20-18-6-5-16-11-17(29)12-24(30)28(16,4)22(18)9-10-26(20,21)2/h5,17-24,29-30H,1,6-14H2,2-4H3. The molecule has 0 radical (unpaired) electrons. The van der Waals surface area contributed by atoms with Gasteiger partial charge in [0, 0.05) is 24.2 Å². The topological polar surface area (TPSA) is 76.0 Å². The van der Waals surface area contributed by atoms with Gasteiger partial charge in [0.25, 0.3) is 0 Å². The fourth-order valence-electron chi connectivity index (χ4n) is 9.57. The Morgan fingerprint density at radius 3 is 2.55 bits per heavy atom. The quantitative estimate of drug-likeness (QED) is 0.352. The summed E-state index contributed by atoms with van der Waals surface area (Å²) in [5, 5.41) is 21.4. The van der Waals surface area contributed by atoms with Gasteiger partial charge in [0.05, 0.1) is 24.4 Å². The van der Waals surface area contributed by atoms with Gasteiger partial charge in [-0.25, -0.2) is 4.79 Å². The van der Waals surface area contributed by atoms with Crippen LogP contribution in [-0.2, 0) is 14.3 Å². The lowest BCUT2D eigenvalue weighted by molar-refractivity contribution is -0.201. The summed E-state index contributed by atoms with van der Waals surface area (Å²) < 4.78 is 12.2. The summed E-state index contributed by atoms with van der Waals surface area (Å²) >= 11 is 0. The van der Waals surface area contributed by atoms with Gasteiger partial charge >= 0.3 is 5.97 Å². The lowest BCUT2D eigenvalue weighted by Crippen LogP contribution is -2.58. The van der Waals surface area contributed by atoms with E-state index in [1.54, 1.807) is 0 Å². The van der Waals surface area contributed by atoms with Crippen LogP contribution in [0.3, 0.4) is 0 Å². The molecule has 2 N–H and O–H groups in total. The molecule has 5 nitrogen and oxygen atoms in total. The lowest BCUT2D eigenvalue weighted by atomic mass is 9.46. The molecule has 0 aromatic heterocycles. The van der Waals surface area contributed by atoms with Crippen LogP contribution in [0.2, 0.25) is 0 Å². The van der Waals surface area contributed by atoms with Crippen molar-refractivity contribution in [2.75, 3.05) is 6.61 Å². The Morgan fingerprint density at radius 2 is 1.79 bits per heavy atom. The van der Waals surface area contributed by atoms with Crippen LogP contribution < -0.4 is 0 Å². The minimum absolute atomic E-state index is 0.0722. The van der Waals surface area contributed by atoms with Crippen molar-refractivity contribution in [3.05, 3.63) is 23.8 Å². The van der Waals surface area contributed by atoms with E-state index in [9.17, 15) is 15.0 Å². The van der Waals surface area contributed by atoms with Crippen molar-refractivity contribution in [1.82, 2.24) is 0 Å². The highest BCUT2D eigenvalue weighted by Gasteiger charge is 2.63. The second kappa shape index (κ2) is 7.18. The maximum Gasteiger partial charge on any atom is 0.336 e. The number of fused-ring (bicyclic) bond motifs is 7. The summed E-state index contributed by atoms with van der Waals surface area (Å²) in [5.74, 6) is 2.15. The van der Waals surface area contributed by atoms with E-state index in [1.165, 1.54) is 18.4 Å². The van der Waals surface area contributed by atoms with E-state index in [4.69, 9.17) is 9.47 Å². The van der Waals surface area contributed by atoms with E-state index in [-0.39, 0.29) is 28.8 Å². The number of aliphatic hydroxyl groups is 2. The average Bonchev–Trinajstić information content (AvgIpc) is 3.11. The first-order valence-electron chi connectivity index (χ1n) is 13.2. The summed E-state index contributed by atoms with van der Waals surface area (Å²) in [6, 6.07) is 0. The van der Waals surface area contributed by atoms with Crippen molar-refractivity contribution in [1.29, 1.82) is 0 Å². The monoisotopic (exact) mass is 456 g/mol. The largest absolute Gasteiger partial charge is 0.458 e. The third kappa shape index (κ3) is 2.91. The highest BCUT2D eigenvalue weighted by molar-refractivity contribution is 5.91. The number of hydrogen-bond acceptors (Lipinski definition) is 5. The summed E-state index contributed by atoms with van der Waals surface area (Å²) in [4.78, 5) is 12.5. The van der Waals surface area contributed by atoms with Gasteiger partial charge < -0.3 is 19.7 Å². The lowest BCUT2D eigenvalue weighted by Gasteiger charge is -2.60. The molecule has 6 aliphatic rings. The molecule has 11 unspecified atom stereocenters. The van der Waals surface area contributed by atoms with Gasteiger partial charge in [-0.1, -0.05) is 32.1 Å². The SMILES string of the molecule is C=C1C(=O)OC2CC1(C)OCC2C1CCC2C3CC=C4CC(O)CC(O)C4(C)C3CCC12C. The minimum Gasteiger partial charge on any atom is -0.458 e. The van der Waals surface area contributed by atoms with Crippen LogP contribution in [0.15, 0.2) is 23.8 Å². The van der Waals surface area contributed by atoms with Gasteiger partial charge in [0.2, 0.25) is 0 Å². The minimum atomic E-state index is -0.575. The Bertz CT molecular complexity index is 910. The second-order valence-electron chi connectivity index (χ2n) is 12.8. The number of rotatable bonds is 1. The molecule has 6 rings (SSSR count). The normalized spacial score (nSPS) is 55.7. The summed E-state index contributed by atoms with van der Waals surface area (Å²) in [6.45, 7) is 11.3. The van der Waals surface area contributed by atoms with Crippen LogP contribution in [-0.4, -0.2) is 46.7 Å². The van der Waals surface area contributed by atoms with E-state index in [0.717, 1.165) is 32.1 Å². The van der Waals surface area contributed by atoms with Crippen molar-refractivity contribution in [3.8, 4) is 0 Å². The van der Waals surface area contributed by atoms with Crippen molar-refractivity contribution in [3.63, 3.8) is 0 Å². The van der Waals surface area contributed by atoms with Crippen LogP contribution in [0.25, 0.3) is 0 Å². The van der Waals surface area contributed by atoms with E-state index in [2.05, 4.69) is 26.5 Å². The Kier molecular flexibility index (Phi) is 4.85. The molecule has 2 heterocycles. The predicted octanol–water partition coefficient (Wildman–Crippen LogP) is 4.17. The average molecular weight is 457 g/mol. The molecule has 182 valence electrons. The number of allylic oxidation sites excluding steroid dienone is 1. The molecule has 0 spiro atoms. The molecule has 0 aromatic rings. The van der Waals surface area contributed by atoms with E-state index < -0.39 is 17.8 Å². The molecule has 0 aromatic carbocycles. The maximum atomic E-state index is 12.5. The van der Waals surface area contributed by atoms with Crippen LogP contribution in [0.5, 0.6) is 0 Å². The van der Waals surface area contributed by atoms with Gasteiger partial charge in [-0.2, -0.15) is 0 Å². The predicted molar refractivity (Wildman–Crippen MR) is 124 cm³/mol. The highest BCUT2D eigenvalue weighted by atomic mass is 16.6. The van der Waals surface area contributed by atoms with Gasteiger partial charge in [0.15, 0.2) is 0 Å². The Hall–Kier alpha value is -1.17. The second-order valence-corrected chi connectivity index (χ2v) is 12.8. The van der Waals surface area contributed by atoms with E-state index >= 15 is 0 Å². The smallest absolute Gasteiger partial charge is 0.336 e. The van der Waals surface area contributed by atoms with Gasteiger partial charge in [0.1, 0.15) is 11.7 Å². The first kappa shape index (κ1) is 22.3. The molecule has 11 atom stereocenters. The third-order valence-corrected chi connectivity index (χ3v) is 11.6. The zero-order chi connectivity index (χ0) is 23.3. The number of carbonyl (C=O) groups is 1. The van der Waals surface area contributed by atoms with Gasteiger partial charge in [-0.05, 0) is 74.5 Å². The fourth-order valence-corrected chi connectivity index (χ4v) is 9.57. The number of esters is 1. The van der Waals surface area contributed by atoms with Crippen LogP contribution in [0, 0.1) is 40.4 Å². The number of ether oxygens (including phenoxy) is 2. The molecule has 3 saturated carbocycles. The van der Waals surface area contributed by atoms with E-state index in [0.29, 0.717) is 42.3 Å². The van der Waals surface area contributed by atoms with Crippen molar-refractivity contribution < 1.29 is 24.5 Å². The van der Waals surface area contributed by atoms with Gasteiger partial charge in [-0.15, -0.1) is 0 Å². The number of aliphatic hydroxyl groups excluding tert-OH is 2. The summed E-state index contributed by atoms with van der Waals surface area (Å²) in [5.41, 5.74) is 1.19. The zero-order valence-corrected chi connectivity index (χ0v) is 20.4. The van der Waals surface area contributed by atoms with E-state index in [1.807, 2.05) is 6.92 Å². The Labute approximate surface area is 197 Å². The molecular formula is C28H40O5. The molecule has 2 saturated heterocycles. The Balaban J connectivity index is 1.27.